The summed E-state index contributed by atoms with van der Waals surface area (Å²) in [6.45, 7) is 0.401. The van der Waals surface area contributed by atoms with Crippen LogP contribution in [-0.2, 0) is 16.6 Å². The summed E-state index contributed by atoms with van der Waals surface area (Å²) in [5.41, 5.74) is 1.78. The number of carbonyl (C=O) groups is 1. The fourth-order valence-electron chi connectivity index (χ4n) is 3.17. The van der Waals surface area contributed by atoms with Crippen molar-refractivity contribution in [1.29, 1.82) is 0 Å². The SMILES string of the molecule is COc1ccccc1NS(=O)(=O)c1ccc(C(=O)NCc2csc3ccccc23)cc1. The lowest BCUT2D eigenvalue weighted by atomic mass is 10.1. The third kappa shape index (κ3) is 4.55. The van der Waals surface area contributed by atoms with Crippen LogP contribution in [0.3, 0.4) is 0 Å². The van der Waals surface area contributed by atoms with E-state index in [4.69, 9.17) is 4.74 Å². The van der Waals surface area contributed by atoms with Crippen LogP contribution in [0.1, 0.15) is 15.9 Å². The molecule has 1 amide bonds. The molecule has 158 valence electrons. The molecule has 0 spiro atoms. The number of benzene rings is 3. The topological polar surface area (TPSA) is 84.5 Å². The molecule has 0 atom stereocenters. The lowest BCUT2D eigenvalue weighted by Crippen LogP contribution is -2.22. The minimum Gasteiger partial charge on any atom is -0.495 e. The lowest BCUT2D eigenvalue weighted by molar-refractivity contribution is 0.0951. The van der Waals surface area contributed by atoms with E-state index >= 15 is 0 Å². The van der Waals surface area contributed by atoms with Gasteiger partial charge in [-0.1, -0.05) is 30.3 Å². The van der Waals surface area contributed by atoms with E-state index < -0.39 is 10.0 Å². The fourth-order valence-corrected chi connectivity index (χ4v) is 5.20. The molecule has 8 heteroatoms. The number of sulfonamides is 1. The fraction of sp³-hybridized carbons (Fsp3) is 0.0870. The highest BCUT2D eigenvalue weighted by Crippen LogP contribution is 2.27. The number of hydrogen-bond donors (Lipinski definition) is 2. The first-order valence-electron chi connectivity index (χ1n) is 9.47. The average molecular weight is 453 g/mol. The van der Waals surface area contributed by atoms with Gasteiger partial charge in [-0.3, -0.25) is 9.52 Å². The summed E-state index contributed by atoms with van der Waals surface area (Å²) >= 11 is 1.64. The lowest BCUT2D eigenvalue weighted by Gasteiger charge is -2.12. The van der Waals surface area contributed by atoms with Crippen LogP contribution in [0.2, 0.25) is 0 Å². The van der Waals surface area contributed by atoms with Crippen molar-refractivity contribution < 1.29 is 17.9 Å². The number of amides is 1. The Labute approximate surface area is 184 Å². The Bertz CT molecular complexity index is 1330. The monoisotopic (exact) mass is 452 g/mol. The zero-order valence-electron chi connectivity index (χ0n) is 16.7. The van der Waals surface area contributed by atoms with Crippen molar-refractivity contribution in [3.05, 3.63) is 89.3 Å². The number of hydrogen-bond acceptors (Lipinski definition) is 5. The van der Waals surface area contributed by atoms with Gasteiger partial charge >= 0.3 is 0 Å². The van der Waals surface area contributed by atoms with Crippen molar-refractivity contribution in [2.45, 2.75) is 11.4 Å². The molecule has 31 heavy (non-hydrogen) atoms. The molecule has 0 aliphatic carbocycles. The number of fused-ring (bicyclic) bond motifs is 1. The normalized spacial score (nSPS) is 11.3. The molecule has 0 bridgehead atoms. The molecule has 1 aromatic heterocycles. The molecule has 1 heterocycles. The maximum Gasteiger partial charge on any atom is 0.262 e. The third-order valence-corrected chi connectivity index (χ3v) is 7.17. The number of methoxy groups -OCH3 is 1. The van der Waals surface area contributed by atoms with Crippen LogP contribution in [0.5, 0.6) is 5.75 Å². The Morgan fingerprint density at radius 1 is 0.968 bits per heavy atom. The second kappa shape index (κ2) is 8.79. The van der Waals surface area contributed by atoms with Gasteiger partial charge in [0, 0.05) is 16.8 Å². The zero-order valence-corrected chi connectivity index (χ0v) is 18.3. The Kier molecular flexibility index (Phi) is 5.92. The highest BCUT2D eigenvalue weighted by Gasteiger charge is 2.17. The predicted octanol–water partition coefficient (Wildman–Crippen LogP) is 4.64. The predicted molar refractivity (Wildman–Crippen MR) is 123 cm³/mol. The molecule has 3 aromatic carbocycles. The zero-order chi connectivity index (χ0) is 21.8. The largest absolute Gasteiger partial charge is 0.495 e. The molecular formula is C23H20N2O4S2. The first-order valence-corrected chi connectivity index (χ1v) is 11.8. The minimum atomic E-state index is -3.82. The summed E-state index contributed by atoms with van der Waals surface area (Å²) in [4.78, 5) is 12.6. The highest BCUT2D eigenvalue weighted by atomic mass is 32.2. The Balaban J connectivity index is 1.45. The molecule has 0 saturated heterocycles. The second-order valence-electron chi connectivity index (χ2n) is 6.77. The molecule has 0 aliphatic heterocycles. The van der Waals surface area contributed by atoms with Crippen LogP contribution >= 0.6 is 11.3 Å². The highest BCUT2D eigenvalue weighted by molar-refractivity contribution is 7.92. The van der Waals surface area contributed by atoms with Crippen molar-refractivity contribution in [1.82, 2.24) is 5.32 Å². The van der Waals surface area contributed by atoms with E-state index in [1.54, 1.807) is 35.6 Å². The van der Waals surface area contributed by atoms with Crippen molar-refractivity contribution in [3.63, 3.8) is 0 Å². The van der Waals surface area contributed by atoms with Gasteiger partial charge in [-0.2, -0.15) is 0 Å². The number of para-hydroxylation sites is 2. The Morgan fingerprint density at radius 3 is 2.45 bits per heavy atom. The molecule has 2 N–H and O–H groups in total. The molecular weight excluding hydrogens is 432 g/mol. The Hall–Kier alpha value is -3.36. The standard InChI is InChI=1S/C23H20N2O4S2/c1-29-21-8-4-3-7-20(21)25-31(27,28)18-12-10-16(11-13-18)23(26)24-14-17-15-30-22-9-5-2-6-19(17)22/h2-13,15,25H,14H2,1H3,(H,24,26). The molecule has 0 saturated carbocycles. The smallest absolute Gasteiger partial charge is 0.262 e. The number of anilines is 1. The first kappa shape index (κ1) is 20.9. The van der Waals surface area contributed by atoms with E-state index in [1.807, 2.05) is 29.6 Å². The summed E-state index contributed by atoms with van der Waals surface area (Å²) in [6, 6.07) is 20.6. The first-order chi connectivity index (χ1) is 15.0. The molecule has 0 fully saturated rings. The van der Waals surface area contributed by atoms with Crippen LogP contribution in [0.4, 0.5) is 5.69 Å². The summed E-state index contributed by atoms with van der Waals surface area (Å²) < 4.78 is 34.2. The van der Waals surface area contributed by atoms with Gasteiger partial charge in [0.25, 0.3) is 15.9 Å². The number of nitrogens with one attached hydrogen (secondary N) is 2. The molecule has 0 radical (unpaired) electrons. The van der Waals surface area contributed by atoms with Gasteiger partial charge in [0.1, 0.15) is 5.75 Å². The molecule has 0 unspecified atom stereocenters. The quantitative estimate of drug-likeness (QED) is 0.428. The van der Waals surface area contributed by atoms with Crippen LogP contribution in [0, 0.1) is 0 Å². The van der Waals surface area contributed by atoms with E-state index in [0.29, 0.717) is 23.5 Å². The average Bonchev–Trinajstić information content (AvgIpc) is 3.21. The molecule has 4 rings (SSSR count). The number of carbonyl (C=O) groups excluding carboxylic acids is 1. The van der Waals surface area contributed by atoms with Crippen molar-refractivity contribution in [2.75, 3.05) is 11.8 Å². The van der Waals surface area contributed by atoms with Crippen molar-refractivity contribution >= 4 is 43.0 Å². The van der Waals surface area contributed by atoms with Gasteiger partial charge in [0.05, 0.1) is 17.7 Å². The third-order valence-electron chi connectivity index (χ3n) is 4.78. The van der Waals surface area contributed by atoms with Gasteiger partial charge in [0.15, 0.2) is 0 Å². The number of rotatable bonds is 7. The van der Waals surface area contributed by atoms with E-state index in [1.165, 1.54) is 36.1 Å². The van der Waals surface area contributed by atoms with Gasteiger partial charge in [-0.05, 0) is 58.8 Å². The van der Waals surface area contributed by atoms with Crippen LogP contribution in [0.25, 0.3) is 10.1 Å². The summed E-state index contributed by atoms with van der Waals surface area (Å²) in [7, 11) is -2.35. The van der Waals surface area contributed by atoms with Crippen molar-refractivity contribution in [2.24, 2.45) is 0 Å². The van der Waals surface area contributed by atoms with Gasteiger partial charge < -0.3 is 10.1 Å². The van der Waals surface area contributed by atoms with E-state index in [2.05, 4.69) is 10.0 Å². The van der Waals surface area contributed by atoms with Gasteiger partial charge in [-0.25, -0.2) is 8.42 Å². The van der Waals surface area contributed by atoms with Crippen molar-refractivity contribution in [3.8, 4) is 5.75 Å². The maximum atomic E-state index is 12.7. The van der Waals surface area contributed by atoms with E-state index in [0.717, 1.165) is 10.9 Å². The van der Waals surface area contributed by atoms with Gasteiger partial charge in [-0.15, -0.1) is 11.3 Å². The van der Waals surface area contributed by atoms with Gasteiger partial charge in [0.2, 0.25) is 0 Å². The number of thiophene rings is 1. The Morgan fingerprint density at radius 2 is 1.68 bits per heavy atom. The number of ether oxygens (including phenoxy) is 1. The molecule has 6 nitrogen and oxygen atoms in total. The molecule has 4 aromatic rings. The molecule has 0 aliphatic rings. The van der Waals surface area contributed by atoms with E-state index in [-0.39, 0.29) is 10.8 Å². The minimum absolute atomic E-state index is 0.0544. The van der Waals surface area contributed by atoms with Crippen LogP contribution in [-0.4, -0.2) is 21.4 Å². The summed E-state index contributed by atoms with van der Waals surface area (Å²) in [5, 5.41) is 6.05. The van der Waals surface area contributed by atoms with Crippen LogP contribution in [0.15, 0.2) is 83.1 Å². The summed E-state index contributed by atoms with van der Waals surface area (Å²) in [6.07, 6.45) is 0. The van der Waals surface area contributed by atoms with Crippen LogP contribution < -0.4 is 14.8 Å². The second-order valence-corrected chi connectivity index (χ2v) is 9.36. The maximum absolute atomic E-state index is 12.7. The summed E-state index contributed by atoms with van der Waals surface area (Å²) in [5.74, 6) is 0.153. The van der Waals surface area contributed by atoms with E-state index in [9.17, 15) is 13.2 Å².